The summed E-state index contributed by atoms with van der Waals surface area (Å²) in [5.41, 5.74) is -0.149. The zero-order valence-corrected chi connectivity index (χ0v) is 24.2. The first kappa shape index (κ1) is 31.1. The minimum absolute atomic E-state index is 0.227. The van der Waals surface area contributed by atoms with Crippen molar-refractivity contribution in [3.05, 3.63) is 108 Å². The fraction of sp³-hybridized carbons (Fsp3) is 0.290. The second-order valence-corrected chi connectivity index (χ2v) is 10.7. The number of thioether (sulfide) groups is 1. The molecule has 0 amide bonds. The molecule has 1 aliphatic rings. The first-order valence-electron chi connectivity index (χ1n) is 13.2. The standard InChI is InChI=1S/C31H29ClO9S/c1-2-42-31-27(41-30(36)22-16-10-5-11-17-22)26(40-29(35)21-14-8-4-9-15-21)25(23(38-31)19-37-24(33)18-32)39-28(34)20-12-6-3-7-13-20/h3-17,23,25-27,31H,2,18-19H2,1H3/t23-,25-,26+,27-,31+/m1/s1. The summed E-state index contributed by atoms with van der Waals surface area (Å²) < 4.78 is 29.3. The van der Waals surface area contributed by atoms with E-state index in [1.54, 1.807) is 91.0 Å². The van der Waals surface area contributed by atoms with Crippen molar-refractivity contribution in [3.63, 3.8) is 0 Å². The molecule has 9 nitrogen and oxygen atoms in total. The van der Waals surface area contributed by atoms with Crippen LogP contribution in [0.4, 0.5) is 0 Å². The molecule has 4 rings (SSSR count). The van der Waals surface area contributed by atoms with Gasteiger partial charge in [-0.3, -0.25) is 4.79 Å². The lowest BCUT2D eigenvalue weighted by Crippen LogP contribution is -2.61. The third kappa shape index (κ3) is 8.12. The third-order valence-electron chi connectivity index (χ3n) is 6.20. The van der Waals surface area contributed by atoms with Crippen LogP contribution in [0.1, 0.15) is 38.0 Å². The number of hydrogen-bond acceptors (Lipinski definition) is 10. The molecule has 0 aliphatic carbocycles. The molecule has 0 bridgehead atoms. The molecule has 3 aromatic rings. The van der Waals surface area contributed by atoms with Crippen LogP contribution in [0.25, 0.3) is 0 Å². The minimum Gasteiger partial charge on any atom is -0.462 e. The third-order valence-corrected chi connectivity index (χ3v) is 7.46. The molecule has 1 fully saturated rings. The number of benzene rings is 3. The topological polar surface area (TPSA) is 114 Å². The summed E-state index contributed by atoms with van der Waals surface area (Å²) in [4.78, 5) is 51.8. The summed E-state index contributed by atoms with van der Waals surface area (Å²) in [6, 6.07) is 24.7. The normalized spacial score (nSPS) is 21.5. The lowest BCUT2D eigenvalue weighted by molar-refractivity contribution is -0.211. The van der Waals surface area contributed by atoms with Gasteiger partial charge in [0.05, 0.1) is 16.7 Å². The van der Waals surface area contributed by atoms with Crippen LogP contribution in [0.2, 0.25) is 0 Å². The van der Waals surface area contributed by atoms with E-state index in [1.807, 2.05) is 6.92 Å². The lowest BCUT2D eigenvalue weighted by atomic mass is 9.98. The Labute approximate surface area is 252 Å². The van der Waals surface area contributed by atoms with Crippen molar-refractivity contribution in [2.45, 2.75) is 36.8 Å². The first-order valence-corrected chi connectivity index (χ1v) is 14.8. The molecular formula is C31H29ClO9S. The number of halogens is 1. The van der Waals surface area contributed by atoms with Gasteiger partial charge in [0.25, 0.3) is 0 Å². The highest BCUT2D eigenvalue weighted by Gasteiger charge is 2.53. The molecule has 11 heteroatoms. The maximum atomic E-state index is 13.3. The number of ether oxygens (including phenoxy) is 5. The SMILES string of the molecule is CCS[C@@H]1O[C@H](COC(=O)CCl)[C@@H](OC(=O)c2ccccc2)[C@H](OC(=O)c2ccccc2)[C@H]1OC(=O)c1ccccc1. The highest BCUT2D eigenvalue weighted by Crippen LogP contribution is 2.35. The van der Waals surface area contributed by atoms with E-state index in [-0.39, 0.29) is 23.3 Å². The number of carbonyl (C=O) groups excluding carboxylic acids is 4. The summed E-state index contributed by atoms with van der Waals surface area (Å²) in [5.74, 6) is -2.76. The van der Waals surface area contributed by atoms with Crippen LogP contribution in [0, 0.1) is 0 Å². The van der Waals surface area contributed by atoms with E-state index in [9.17, 15) is 19.2 Å². The second-order valence-electron chi connectivity index (χ2n) is 9.02. The summed E-state index contributed by atoms with van der Waals surface area (Å²) in [7, 11) is 0. The number of rotatable bonds is 11. The highest BCUT2D eigenvalue weighted by atomic mass is 35.5. The molecule has 220 valence electrons. The Balaban J connectivity index is 1.74. The molecule has 3 aromatic carbocycles. The molecule has 0 spiro atoms. The number of hydrogen-bond donors (Lipinski definition) is 0. The Bertz CT molecular complexity index is 1340. The average Bonchev–Trinajstić information content (AvgIpc) is 3.03. The van der Waals surface area contributed by atoms with Gasteiger partial charge in [-0.05, 0) is 42.2 Å². The summed E-state index contributed by atoms with van der Waals surface area (Å²) in [6.45, 7) is 1.51. The van der Waals surface area contributed by atoms with E-state index in [0.717, 1.165) is 0 Å². The van der Waals surface area contributed by atoms with E-state index in [1.165, 1.54) is 11.8 Å². The predicted octanol–water partition coefficient (Wildman–Crippen LogP) is 4.92. The smallest absolute Gasteiger partial charge is 0.338 e. The predicted molar refractivity (Wildman–Crippen MR) is 155 cm³/mol. The molecule has 1 heterocycles. The zero-order chi connectivity index (χ0) is 29.9. The van der Waals surface area contributed by atoms with Crippen molar-refractivity contribution in [2.24, 2.45) is 0 Å². The Morgan fingerprint density at radius 1 is 0.690 bits per heavy atom. The molecule has 0 aromatic heterocycles. The maximum absolute atomic E-state index is 13.3. The van der Waals surface area contributed by atoms with Gasteiger partial charge in [0, 0.05) is 0 Å². The molecule has 0 unspecified atom stereocenters. The summed E-state index contributed by atoms with van der Waals surface area (Å²) in [5, 5.41) is 0. The van der Waals surface area contributed by atoms with Crippen molar-refractivity contribution in [1.82, 2.24) is 0 Å². The van der Waals surface area contributed by atoms with Crippen molar-refractivity contribution in [2.75, 3.05) is 18.2 Å². The van der Waals surface area contributed by atoms with Gasteiger partial charge >= 0.3 is 23.9 Å². The zero-order valence-electron chi connectivity index (χ0n) is 22.6. The Morgan fingerprint density at radius 3 is 1.55 bits per heavy atom. The number of carbonyl (C=O) groups is 4. The second kappa shape index (κ2) is 15.4. The van der Waals surface area contributed by atoms with Gasteiger partial charge in [-0.1, -0.05) is 61.5 Å². The number of esters is 4. The molecule has 42 heavy (non-hydrogen) atoms. The van der Waals surface area contributed by atoms with Crippen LogP contribution in [0.3, 0.4) is 0 Å². The average molecular weight is 613 g/mol. The number of alkyl halides is 1. The van der Waals surface area contributed by atoms with Gasteiger partial charge < -0.3 is 23.7 Å². The van der Waals surface area contributed by atoms with Gasteiger partial charge in [0.15, 0.2) is 18.3 Å². The van der Waals surface area contributed by atoms with E-state index in [4.69, 9.17) is 35.3 Å². The van der Waals surface area contributed by atoms with Crippen LogP contribution < -0.4 is 0 Å². The molecule has 1 aliphatic heterocycles. The van der Waals surface area contributed by atoms with Crippen LogP contribution in [-0.2, 0) is 28.5 Å². The van der Waals surface area contributed by atoms with Crippen molar-refractivity contribution in [3.8, 4) is 0 Å². The fourth-order valence-electron chi connectivity index (χ4n) is 4.22. The molecule has 1 saturated heterocycles. The Kier molecular flexibility index (Phi) is 11.4. The van der Waals surface area contributed by atoms with Gasteiger partial charge in [-0.2, -0.15) is 0 Å². The fourth-order valence-corrected chi connectivity index (χ4v) is 5.25. The lowest BCUT2D eigenvalue weighted by Gasteiger charge is -2.44. The Morgan fingerprint density at radius 2 is 1.12 bits per heavy atom. The molecule has 0 radical (unpaired) electrons. The van der Waals surface area contributed by atoms with E-state index in [2.05, 4.69) is 0 Å². The minimum atomic E-state index is -1.34. The van der Waals surface area contributed by atoms with Crippen LogP contribution >= 0.6 is 23.4 Å². The van der Waals surface area contributed by atoms with E-state index in [0.29, 0.717) is 5.75 Å². The molecular weight excluding hydrogens is 584 g/mol. The summed E-state index contributed by atoms with van der Waals surface area (Å²) >= 11 is 6.91. The monoisotopic (exact) mass is 612 g/mol. The summed E-state index contributed by atoms with van der Waals surface area (Å²) in [6.07, 6.45) is -4.97. The van der Waals surface area contributed by atoms with E-state index < -0.39 is 59.6 Å². The van der Waals surface area contributed by atoms with Crippen molar-refractivity contribution >= 4 is 47.2 Å². The quantitative estimate of drug-likeness (QED) is 0.168. The van der Waals surface area contributed by atoms with Crippen LogP contribution in [0.5, 0.6) is 0 Å². The van der Waals surface area contributed by atoms with Crippen LogP contribution in [-0.4, -0.2) is 72.0 Å². The van der Waals surface area contributed by atoms with Gasteiger partial charge in [0.2, 0.25) is 0 Å². The van der Waals surface area contributed by atoms with Gasteiger partial charge in [0.1, 0.15) is 24.0 Å². The van der Waals surface area contributed by atoms with E-state index >= 15 is 0 Å². The van der Waals surface area contributed by atoms with Crippen molar-refractivity contribution < 1.29 is 42.9 Å². The highest BCUT2D eigenvalue weighted by molar-refractivity contribution is 7.99. The molecule has 5 atom stereocenters. The van der Waals surface area contributed by atoms with Crippen molar-refractivity contribution in [1.29, 1.82) is 0 Å². The molecule has 0 saturated carbocycles. The molecule has 0 N–H and O–H groups in total. The van der Waals surface area contributed by atoms with Gasteiger partial charge in [-0.25, -0.2) is 14.4 Å². The van der Waals surface area contributed by atoms with Gasteiger partial charge in [-0.15, -0.1) is 23.4 Å². The Hall–Kier alpha value is -3.86. The largest absolute Gasteiger partial charge is 0.462 e. The van der Waals surface area contributed by atoms with Crippen LogP contribution in [0.15, 0.2) is 91.0 Å². The maximum Gasteiger partial charge on any atom is 0.338 e. The first-order chi connectivity index (χ1) is 20.4.